The Balaban J connectivity index is 0.828. The summed E-state index contributed by atoms with van der Waals surface area (Å²) in [6.07, 6.45) is 10.1. The fourth-order valence-corrected chi connectivity index (χ4v) is 10.8. The van der Waals surface area contributed by atoms with Crippen molar-refractivity contribution in [3.05, 3.63) is 144 Å². The zero-order chi connectivity index (χ0) is 40.2. The van der Waals surface area contributed by atoms with E-state index in [1.54, 1.807) is 0 Å². The summed E-state index contributed by atoms with van der Waals surface area (Å²) in [5, 5.41) is 0. The molecule has 10 heteroatoms. The van der Waals surface area contributed by atoms with Gasteiger partial charge in [-0.1, -0.05) is 116 Å². The van der Waals surface area contributed by atoms with E-state index in [-0.39, 0.29) is 42.0 Å². The molecule has 0 radical (unpaired) electrons. The number of amides is 2. The molecule has 59 heavy (non-hydrogen) atoms. The summed E-state index contributed by atoms with van der Waals surface area (Å²) in [6.45, 7) is 0.723. The van der Waals surface area contributed by atoms with Crippen molar-refractivity contribution in [1.82, 2.24) is 39.5 Å². The highest BCUT2D eigenvalue weighted by atomic mass is 16.2. The molecule has 4 aliphatic rings. The molecule has 4 unspecified atom stereocenters. The van der Waals surface area contributed by atoms with Crippen molar-refractivity contribution < 1.29 is 9.59 Å². The van der Waals surface area contributed by atoms with E-state index in [0.29, 0.717) is 12.0 Å². The third-order valence-electron chi connectivity index (χ3n) is 13.6. The second-order valence-corrected chi connectivity index (χ2v) is 17.2. The van der Waals surface area contributed by atoms with Crippen molar-refractivity contribution in [3.63, 3.8) is 0 Å². The smallest absolute Gasteiger partial charge is 0.245 e. The van der Waals surface area contributed by atoms with Crippen LogP contribution in [0, 0.1) is 5.92 Å². The molecule has 4 fully saturated rings. The number of likely N-dealkylation sites (N-methyl/N-ethyl adjacent to an activating group) is 2. The Labute approximate surface area is 346 Å². The van der Waals surface area contributed by atoms with Crippen LogP contribution in [0.1, 0.15) is 85.5 Å². The van der Waals surface area contributed by atoms with Gasteiger partial charge in [0.2, 0.25) is 11.8 Å². The summed E-state index contributed by atoms with van der Waals surface area (Å²) in [6, 6.07) is 37.3. The molecule has 7 atom stereocenters. The lowest BCUT2D eigenvalue weighted by atomic mass is 9.78. The minimum Gasteiger partial charge on any atom is -0.340 e. The first kappa shape index (κ1) is 37.4. The minimum atomic E-state index is -0.340. The van der Waals surface area contributed by atoms with Gasteiger partial charge in [-0.15, -0.1) is 0 Å². The maximum atomic E-state index is 14.4. The van der Waals surface area contributed by atoms with E-state index in [1.165, 1.54) is 12.8 Å². The molecule has 3 aliphatic heterocycles. The number of carbonyl (C=O) groups excluding carboxylic acids is 2. The zero-order valence-corrected chi connectivity index (χ0v) is 34.0. The first-order valence-corrected chi connectivity index (χ1v) is 21.3. The van der Waals surface area contributed by atoms with Gasteiger partial charge in [-0.3, -0.25) is 19.4 Å². The molecule has 2 N–H and O–H groups in total. The Bertz CT molecular complexity index is 2430. The maximum absolute atomic E-state index is 14.4. The Morgan fingerprint density at radius 2 is 1.29 bits per heavy atom. The Hall–Kier alpha value is -5.84. The van der Waals surface area contributed by atoms with E-state index < -0.39 is 0 Å². The van der Waals surface area contributed by atoms with Crippen LogP contribution in [0.15, 0.2) is 122 Å². The second-order valence-electron chi connectivity index (χ2n) is 17.2. The highest BCUT2D eigenvalue weighted by Crippen LogP contribution is 2.52. The second kappa shape index (κ2) is 15.4. The van der Waals surface area contributed by atoms with E-state index in [1.807, 2.05) is 84.8 Å². The van der Waals surface area contributed by atoms with Crippen LogP contribution < -0.4 is 0 Å². The number of nitrogens with one attached hydrogen (secondary N) is 2. The molecule has 2 amide bonds. The third-order valence-corrected chi connectivity index (χ3v) is 13.6. The van der Waals surface area contributed by atoms with E-state index in [9.17, 15) is 9.59 Å². The standard InChI is InChI=1S/C49H52N8O2/c1-54(2)44(35-12-6-4-7-13-35)48(58)56-27-11-18-41(56)46-50-29-38(52-46)33-23-19-31(20-24-33)32-21-25-34(26-22-32)39-30-51-47(53-39)42-28-37-16-10-17-40-43(37)57(42)49(59)45(55(40)3)36-14-8-5-9-15-36/h4-9,12-15,19-26,29-30,37,40-45H,10-11,16-18,27-28H2,1-3H3,(H,50,52)(H,51,53)/t37?,40?,41?,42-,43?,44+,45+/m0/s1. The van der Waals surface area contributed by atoms with Gasteiger partial charge in [-0.2, -0.15) is 0 Å². The summed E-state index contributed by atoms with van der Waals surface area (Å²) < 4.78 is 0. The van der Waals surface area contributed by atoms with E-state index in [2.05, 4.69) is 87.5 Å². The van der Waals surface area contributed by atoms with Crippen LogP contribution in [0.25, 0.3) is 33.6 Å². The van der Waals surface area contributed by atoms with Gasteiger partial charge in [0.05, 0.1) is 41.9 Å². The van der Waals surface area contributed by atoms with Crippen molar-refractivity contribution in [2.45, 2.75) is 74.8 Å². The lowest BCUT2D eigenvalue weighted by Gasteiger charge is -2.51. The fourth-order valence-electron chi connectivity index (χ4n) is 10.8. The molecular weight excluding hydrogens is 733 g/mol. The van der Waals surface area contributed by atoms with Crippen molar-refractivity contribution in [2.24, 2.45) is 5.92 Å². The van der Waals surface area contributed by atoms with Crippen LogP contribution in [0.2, 0.25) is 0 Å². The van der Waals surface area contributed by atoms with Gasteiger partial charge in [-0.25, -0.2) is 9.97 Å². The number of benzene rings is 4. The third kappa shape index (κ3) is 6.68. The van der Waals surface area contributed by atoms with Crippen LogP contribution in [0.4, 0.5) is 0 Å². The van der Waals surface area contributed by atoms with Crippen LogP contribution in [-0.2, 0) is 9.59 Å². The average Bonchev–Trinajstić information content (AvgIpc) is 4.10. The van der Waals surface area contributed by atoms with Crippen molar-refractivity contribution in [3.8, 4) is 33.6 Å². The van der Waals surface area contributed by atoms with E-state index in [0.717, 1.165) is 88.6 Å². The van der Waals surface area contributed by atoms with E-state index in [4.69, 9.17) is 9.97 Å². The largest absolute Gasteiger partial charge is 0.340 e. The molecule has 0 spiro atoms. The highest BCUT2D eigenvalue weighted by Gasteiger charge is 2.57. The maximum Gasteiger partial charge on any atom is 0.245 e. The lowest BCUT2D eigenvalue weighted by Crippen LogP contribution is -2.62. The molecule has 10 rings (SSSR count). The van der Waals surface area contributed by atoms with Crippen LogP contribution in [0.3, 0.4) is 0 Å². The number of carbonyl (C=O) groups is 2. The number of imidazole rings is 2. The molecule has 3 saturated heterocycles. The minimum absolute atomic E-state index is 0.0508. The summed E-state index contributed by atoms with van der Waals surface area (Å²) in [7, 11) is 6.08. The number of aromatic amines is 2. The molecule has 0 bridgehead atoms. The van der Waals surface area contributed by atoms with Gasteiger partial charge in [0.15, 0.2) is 0 Å². The molecule has 6 aromatic rings. The number of aromatic nitrogens is 4. The number of rotatable bonds is 9. The van der Waals surface area contributed by atoms with Crippen LogP contribution in [0.5, 0.6) is 0 Å². The summed E-state index contributed by atoms with van der Waals surface area (Å²) in [5.41, 5.74) is 8.33. The molecule has 5 heterocycles. The number of nitrogens with zero attached hydrogens (tertiary/aromatic N) is 6. The van der Waals surface area contributed by atoms with Crippen LogP contribution in [-0.4, -0.2) is 91.1 Å². The van der Waals surface area contributed by atoms with Gasteiger partial charge < -0.3 is 19.8 Å². The molecule has 300 valence electrons. The molecule has 1 saturated carbocycles. The predicted molar refractivity (Wildman–Crippen MR) is 230 cm³/mol. The number of hydrogen-bond donors (Lipinski definition) is 2. The van der Waals surface area contributed by atoms with Crippen molar-refractivity contribution >= 4 is 11.8 Å². The molecule has 4 aromatic carbocycles. The lowest BCUT2D eigenvalue weighted by molar-refractivity contribution is -0.153. The van der Waals surface area contributed by atoms with E-state index >= 15 is 0 Å². The van der Waals surface area contributed by atoms with Gasteiger partial charge in [0, 0.05) is 12.6 Å². The quantitative estimate of drug-likeness (QED) is 0.152. The first-order chi connectivity index (χ1) is 28.8. The highest BCUT2D eigenvalue weighted by molar-refractivity contribution is 5.86. The van der Waals surface area contributed by atoms with Crippen LogP contribution >= 0.6 is 0 Å². The van der Waals surface area contributed by atoms with Crippen molar-refractivity contribution in [1.29, 1.82) is 0 Å². The van der Waals surface area contributed by atoms with Crippen molar-refractivity contribution in [2.75, 3.05) is 27.7 Å². The molecule has 1 aliphatic carbocycles. The number of H-pyrrole nitrogens is 2. The number of piperazine rings is 1. The first-order valence-electron chi connectivity index (χ1n) is 21.3. The predicted octanol–water partition coefficient (Wildman–Crippen LogP) is 8.60. The summed E-state index contributed by atoms with van der Waals surface area (Å²) >= 11 is 0. The van der Waals surface area contributed by atoms with Gasteiger partial charge >= 0.3 is 0 Å². The Morgan fingerprint density at radius 1 is 0.712 bits per heavy atom. The molecular formula is C49H52N8O2. The fraction of sp³-hybridized carbons (Fsp3) is 0.347. The number of likely N-dealkylation sites (tertiary alicyclic amines) is 1. The topological polar surface area (TPSA) is 104 Å². The van der Waals surface area contributed by atoms with Gasteiger partial charge in [0.1, 0.15) is 23.7 Å². The average molecular weight is 785 g/mol. The monoisotopic (exact) mass is 784 g/mol. The zero-order valence-electron chi connectivity index (χ0n) is 34.0. The Kier molecular flexibility index (Phi) is 9.77. The summed E-state index contributed by atoms with van der Waals surface area (Å²) in [5.74, 6) is 2.52. The summed E-state index contributed by atoms with van der Waals surface area (Å²) in [4.78, 5) is 53.8. The SMILES string of the molecule is CN(C)[C@@H](C(=O)N1CCCC1c1ncc(-c2ccc(-c3ccc(-c4cnc([C@@H]5CC6CCCC7C6N5C(=O)[C@@H](c5ccccc5)N7C)[nH]4)cc3)cc2)[nH]1)c1ccccc1. The number of hydrogen-bond acceptors (Lipinski definition) is 6. The molecule has 2 aromatic heterocycles. The normalized spacial score (nSPS) is 24.8. The van der Waals surface area contributed by atoms with Gasteiger partial charge in [0.25, 0.3) is 0 Å². The Morgan fingerprint density at radius 3 is 1.90 bits per heavy atom. The van der Waals surface area contributed by atoms with Gasteiger partial charge in [-0.05, 0) is 92.5 Å². The molecule has 10 nitrogen and oxygen atoms in total.